The van der Waals surface area contributed by atoms with Gasteiger partial charge >= 0.3 is 5.97 Å². The van der Waals surface area contributed by atoms with E-state index in [0.29, 0.717) is 21.3 Å². The minimum absolute atomic E-state index is 0.140. The van der Waals surface area contributed by atoms with Crippen molar-refractivity contribution in [1.82, 2.24) is 4.98 Å². The highest BCUT2D eigenvalue weighted by Gasteiger charge is 2.18. The van der Waals surface area contributed by atoms with Crippen LogP contribution in [-0.4, -0.2) is 23.5 Å². The van der Waals surface area contributed by atoms with Gasteiger partial charge in [-0.2, -0.15) is 0 Å². The summed E-state index contributed by atoms with van der Waals surface area (Å²) in [5.41, 5.74) is 2.07. The molecule has 2 rings (SSSR count). The second-order valence-electron chi connectivity index (χ2n) is 4.64. The Morgan fingerprint density at radius 3 is 2.86 bits per heavy atom. The van der Waals surface area contributed by atoms with Crippen molar-refractivity contribution in [2.24, 2.45) is 0 Å². The van der Waals surface area contributed by atoms with E-state index in [1.165, 1.54) is 6.08 Å². The van der Waals surface area contributed by atoms with Gasteiger partial charge in [0, 0.05) is 5.56 Å². The second-order valence-corrected chi connectivity index (χ2v) is 5.64. The third-order valence-electron chi connectivity index (χ3n) is 2.81. The molecule has 1 aromatic carbocycles. The van der Waals surface area contributed by atoms with Gasteiger partial charge in [0.1, 0.15) is 11.5 Å². The molecule has 0 unspecified atom stereocenters. The van der Waals surface area contributed by atoms with E-state index in [2.05, 4.69) is 16.9 Å². The lowest BCUT2D eigenvalue weighted by Crippen LogP contribution is -2.11. The number of nitrogens with one attached hydrogen (secondary N) is 1. The number of amides is 1. The van der Waals surface area contributed by atoms with Crippen LogP contribution in [0.25, 0.3) is 0 Å². The molecule has 0 radical (unpaired) electrons. The Labute approximate surface area is 132 Å². The molecule has 0 aliphatic heterocycles. The molecule has 22 heavy (non-hydrogen) atoms. The molecule has 0 atom stereocenters. The smallest absolute Gasteiger partial charge is 0.350 e. The molecule has 114 valence electrons. The predicted molar refractivity (Wildman–Crippen MR) is 86.5 cm³/mol. The Morgan fingerprint density at radius 2 is 2.18 bits per heavy atom. The Kier molecular flexibility index (Phi) is 5.06. The van der Waals surface area contributed by atoms with Crippen LogP contribution < -0.4 is 5.32 Å². The predicted octanol–water partition coefficient (Wildman–Crippen LogP) is 3.36. The number of benzene rings is 1. The van der Waals surface area contributed by atoms with Gasteiger partial charge < -0.3 is 4.74 Å². The summed E-state index contributed by atoms with van der Waals surface area (Å²) in [5, 5.41) is 3.07. The zero-order valence-electron chi connectivity index (χ0n) is 12.4. The van der Waals surface area contributed by atoms with Crippen LogP contribution in [0.4, 0.5) is 5.13 Å². The van der Waals surface area contributed by atoms with Gasteiger partial charge in [-0.1, -0.05) is 41.7 Å². The van der Waals surface area contributed by atoms with Crippen molar-refractivity contribution in [3.05, 3.63) is 58.6 Å². The monoisotopic (exact) mass is 316 g/mol. The minimum atomic E-state index is -0.467. The molecule has 0 aliphatic carbocycles. The van der Waals surface area contributed by atoms with Crippen LogP contribution in [0, 0.1) is 13.8 Å². The topological polar surface area (TPSA) is 68.3 Å². The lowest BCUT2D eigenvalue weighted by Gasteiger charge is -2.02. The van der Waals surface area contributed by atoms with E-state index in [9.17, 15) is 9.59 Å². The van der Waals surface area contributed by atoms with Gasteiger partial charge in [0.05, 0.1) is 5.69 Å². The molecule has 0 bridgehead atoms. The maximum Gasteiger partial charge on any atom is 0.350 e. The highest BCUT2D eigenvalue weighted by Crippen LogP contribution is 2.24. The van der Waals surface area contributed by atoms with E-state index in [4.69, 9.17) is 4.74 Å². The Bertz CT molecular complexity index is 722. The van der Waals surface area contributed by atoms with E-state index >= 15 is 0 Å². The van der Waals surface area contributed by atoms with Crippen molar-refractivity contribution in [2.45, 2.75) is 13.8 Å². The number of rotatable bonds is 5. The first kappa shape index (κ1) is 15.9. The van der Waals surface area contributed by atoms with E-state index in [1.54, 1.807) is 19.1 Å². The number of thiazole rings is 1. The molecule has 1 aromatic heterocycles. The van der Waals surface area contributed by atoms with E-state index in [0.717, 1.165) is 16.9 Å². The Hall–Kier alpha value is -2.47. The van der Waals surface area contributed by atoms with Crippen LogP contribution in [0.15, 0.2) is 36.9 Å². The molecular formula is C16H16N2O3S. The van der Waals surface area contributed by atoms with Crippen LogP contribution in [0.1, 0.15) is 31.3 Å². The first-order valence-electron chi connectivity index (χ1n) is 6.64. The Balaban J connectivity index is 2.12. The summed E-state index contributed by atoms with van der Waals surface area (Å²) in [6, 6.07) is 7.24. The molecule has 1 amide bonds. The number of carbonyl (C=O) groups is 2. The number of ether oxygens (including phenoxy) is 1. The van der Waals surface area contributed by atoms with Crippen molar-refractivity contribution in [3.8, 4) is 0 Å². The van der Waals surface area contributed by atoms with Gasteiger partial charge in [-0.15, -0.1) is 0 Å². The SMILES string of the molecule is C=CCOC(=O)c1sc(NC(=O)c2cccc(C)c2)nc1C. The first-order valence-corrected chi connectivity index (χ1v) is 7.46. The van der Waals surface area contributed by atoms with Gasteiger partial charge in [-0.25, -0.2) is 9.78 Å². The molecule has 5 nitrogen and oxygen atoms in total. The average Bonchev–Trinajstić information content (AvgIpc) is 2.85. The molecule has 0 saturated carbocycles. The van der Waals surface area contributed by atoms with E-state index in [1.807, 2.05) is 19.1 Å². The summed E-state index contributed by atoms with van der Waals surface area (Å²) >= 11 is 1.09. The first-order chi connectivity index (χ1) is 10.5. The zero-order valence-corrected chi connectivity index (χ0v) is 13.2. The molecule has 1 N–H and O–H groups in total. The molecule has 0 spiro atoms. The lowest BCUT2D eigenvalue weighted by molar-refractivity contribution is 0.0554. The summed E-state index contributed by atoms with van der Waals surface area (Å²) in [7, 11) is 0. The van der Waals surface area contributed by atoms with E-state index in [-0.39, 0.29) is 12.5 Å². The second kappa shape index (κ2) is 7.00. The van der Waals surface area contributed by atoms with Crippen LogP contribution in [-0.2, 0) is 4.74 Å². The Morgan fingerprint density at radius 1 is 1.41 bits per heavy atom. The molecule has 6 heteroatoms. The van der Waals surface area contributed by atoms with Gasteiger partial charge in [0.15, 0.2) is 5.13 Å². The minimum Gasteiger partial charge on any atom is -0.457 e. The number of carbonyl (C=O) groups excluding carboxylic acids is 2. The van der Waals surface area contributed by atoms with Crippen molar-refractivity contribution < 1.29 is 14.3 Å². The van der Waals surface area contributed by atoms with Crippen molar-refractivity contribution in [3.63, 3.8) is 0 Å². The summed E-state index contributed by atoms with van der Waals surface area (Å²) in [4.78, 5) is 28.5. The number of aryl methyl sites for hydroxylation is 2. The van der Waals surface area contributed by atoms with Gasteiger partial charge in [0.25, 0.3) is 5.91 Å². The lowest BCUT2D eigenvalue weighted by atomic mass is 10.1. The van der Waals surface area contributed by atoms with Crippen molar-refractivity contribution in [2.75, 3.05) is 11.9 Å². The maximum atomic E-state index is 12.2. The number of nitrogens with zero attached hydrogens (tertiary/aromatic N) is 1. The summed E-state index contributed by atoms with van der Waals surface area (Å²) in [6.45, 7) is 7.24. The summed E-state index contributed by atoms with van der Waals surface area (Å²) < 4.78 is 4.98. The fourth-order valence-electron chi connectivity index (χ4n) is 1.80. The molecule has 1 heterocycles. The molecule has 0 aliphatic rings. The number of anilines is 1. The number of aromatic nitrogens is 1. The average molecular weight is 316 g/mol. The maximum absolute atomic E-state index is 12.2. The van der Waals surface area contributed by atoms with Crippen molar-refractivity contribution in [1.29, 1.82) is 0 Å². The van der Waals surface area contributed by atoms with Crippen LogP contribution in [0.3, 0.4) is 0 Å². The van der Waals surface area contributed by atoms with Gasteiger partial charge in [-0.3, -0.25) is 10.1 Å². The molecular weight excluding hydrogens is 300 g/mol. The number of hydrogen-bond donors (Lipinski definition) is 1. The van der Waals surface area contributed by atoms with Crippen LogP contribution in [0.5, 0.6) is 0 Å². The van der Waals surface area contributed by atoms with Gasteiger partial charge in [0.2, 0.25) is 0 Å². The normalized spacial score (nSPS) is 10.1. The number of hydrogen-bond acceptors (Lipinski definition) is 5. The summed E-state index contributed by atoms with van der Waals surface area (Å²) in [5.74, 6) is -0.727. The van der Waals surface area contributed by atoms with E-state index < -0.39 is 5.97 Å². The van der Waals surface area contributed by atoms with Crippen molar-refractivity contribution >= 4 is 28.3 Å². The molecule has 2 aromatic rings. The number of esters is 1. The molecule has 0 saturated heterocycles. The van der Waals surface area contributed by atoms with Crippen LogP contribution >= 0.6 is 11.3 Å². The fraction of sp³-hybridized carbons (Fsp3) is 0.188. The highest BCUT2D eigenvalue weighted by atomic mass is 32.1. The molecule has 0 fully saturated rings. The highest BCUT2D eigenvalue weighted by molar-refractivity contribution is 7.17. The van der Waals surface area contributed by atoms with Crippen LogP contribution in [0.2, 0.25) is 0 Å². The zero-order chi connectivity index (χ0) is 16.1. The largest absolute Gasteiger partial charge is 0.457 e. The quantitative estimate of drug-likeness (QED) is 0.678. The third-order valence-corrected chi connectivity index (χ3v) is 3.87. The third kappa shape index (κ3) is 3.79. The summed E-state index contributed by atoms with van der Waals surface area (Å²) in [6.07, 6.45) is 1.49. The standard InChI is InChI=1S/C16H16N2O3S/c1-4-8-21-15(20)13-11(3)17-16(22-13)18-14(19)12-7-5-6-10(2)9-12/h4-7,9H,1,8H2,2-3H3,(H,17,18,19). The fourth-order valence-corrected chi connectivity index (χ4v) is 2.65. The van der Waals surface area contributed by atoms with Gasteiger partial charge in [-0.05, 0) is 26.0 Å².